The molecule has 0 spiro atoms. The van der Waals surface area contributed by atoms with Crippen molar-refractivity contribution in [1.82, 2.24) is 0 Å². The minimum atomic E-state index is 0.111. The van der Waals surface area contributed by atoms with Crippen LogP contribution >= 0.6 is 11.8 Å². The minimum Gasteiger partial charge on any atom is -0.493 e. The first-order chi connectivity index (χ1) is 9.62. The predicted octanol–water partition coefficient (Wildman–Crippen LogP) is 2.73. The van der Waals surface area contributed by atoms with Gasteiger partial charge in [0.2, 0.25) is 5.75 Å². The SMILES string of the molecule is COc1cc(C#CCCSC(C)=O)cc(OC)c1OC. The van der Waals surface area contributed by atoms with Gasteiger partial charge < -0.3 is 14.2 Å². The van der Waals surface area contributed by atoms with E-state index < -0.39 is 0 Å². The van der Waals surface area contributed by atoms with E-state index in [4.69, 9.17) is 14.2 Å². The number of carbonyl (C=O) groups excluding carboxylic acids is 1. The summed E-state index contributed by atoms with van der Waals surface area (Å²) in [5.74, 6) is 8.46. The standard InChI is InChI=1S/C15H18O4S/c1-11(16)20-8-6-5-7-12-9-13(17-2)15(19-4)14(10-12)18-3/h9-10H,6,8H2,1-4H3. The van der Waals surface area contributed by atoms with E-state index in [2.05, 4.69) is 11.8 Å². The molecule has 0 aliphatic rings. The van der Waals surface area contributed by atoms with Crippen LogP contribution in [0.3, 0.4) is 0 Å². The van der Waals surface area contributed by atoms with E-state index in [1.165, 1.54) is 11.8 Å². The zero-order valence-corrected chi connectivity index (χ0v) is 12.9. The molecule has 4 nitrogen and oxygen atoms in total. The van der Waals surface area contributed by atoms with Crippen LogP contribution in [0.2, 0.25) is 0 Å². The van der Waals surface area contributed by atoms with E-state index in [9.17, 15) is 4.79 Å². The van der Waals surface area contributed by atoms with Gasteiger partial charge in [-0.1, -0.05) is 23.6 Å². The van der Waals surface area contributed by atoms with Crippen molar-refractivity contribution in [2.24, 2.45) is 0 Å². The highest BCUT2D eigenvalue weighted by Gasteiger charge is 2.11. The Morgan fingerprint density at radius 2 is 1.75 bits per heavy atom. The Kier molecular flexibility index (Phi) is 6.82. The van der Waals surface area contributed by atoms with Gasteiger partial charge in [-0.2, -0.15) is 0 Å². The lowest BCUT2D eigenvalue weighted by molar-refractivity contribution is -0.109. The van der Waals surface area contributed by atoms with E-state index in [-0.39, 0.29) is 5.12 Å². The van der Waals surface area contributed by atoms with Crippen molar-refractivity contribution in [3.05, 3.63) is 17.7 Å². The Balaban J connectivity index is 2.86. The van der Waals surface area contributed by atoms with Crippen LogP contribution in [0.4, 0.5) is 0 Å². The molecular formula is C15H18O4S. The summed E-state index contributed by atoms with van der Waals surface area (Å²) in [4.78, 5) is 10.8. The monoisotopic (exact) mass is 294 g/mol. The number of hydrogen-bond acceptors (Lipinski definition) is 5. The predicted molar refractivity (Wildman–Crippen MR) is 80.7 cm³/mol. The summed E-state index contributed by atoms with van der Waals surface area (Å²) in [7, 11) is 4.70. The summed E-state index contributed by atoms with van der Waals surface area (Å²) in [6, 6.07) is 3.60. The second-order valence-corrected chi connectivity index (χ2v) is 5.08. The number of ether oxygens (including phenoxy) is 3. The number of methoxy groups -OCH3 is 3. The first-order valence-electron chi connectivity index (χ1n) is 6.04. The van der Waals surface area contributed by atoms with Gasteiger partial charge in [0.1, 0.15) is 0 Å². The molecule has 0 bridgehead atoms. The van der Waals surface area contributed by atoms with Gasteiger partial charge in [0.15, 0.2) is 16.6 Å². The summed E-state index contributed by atoms with van der Waals surface area (Å²) in [6.45, 7) is 1.55. The third-order valence-corrected chi connectivity index (χ3v) is 3.24. The van der Waals surface area contributed by atoms with Gasteiger partial charge in [0, 0.05) is 24.7 Å². The highest BCUT2D eigenvalue weighted by atomic mass is 32.2. The topological polar surface area (TPSA) is 44.8 Å². The molecular weight excluding hydrogens is 276 g/mol. The highest BCUT2D eigenvalue weighted by molar-refractivity contribution is 8.13. The summed E-state index contributed by atoms with van der Waals surface area (Å²) in [6.07, 6.45) is 0.654. The Morgan fingerprint density at radius 1 is 1.15 bits per heavy atom. The van der Waals surface area contributed by atoms with Gasteiger partial charge in [-0.05, 0) is 12.1 Å². The average Bonchev–Trinajstić information content (AvgIpc) is 2.45. The highest BCUT2D eigenvalue weighted by Crippen LogP contribution is 2.37. The molecule has 0 aliphatic carbocycles. The van der Waals surface area contributed by atoms with Crippen molar-refractivity contribution in [2.45, 2.75) is 13.3 Å². The summed E-state index contributed by atoms with van der Waals surface area (Å²) in [5, 5.41) is 0.111. The number of benzene rings is 1. The fourth-order valence-corrected chi connectivity index (χ4v) is 2.06. The maximum absolute atomic E-state index is 10.8. The van der Waals surface area contributed by atoms with E-state index >= 15 is 0 Å². The molecule has 1 aromatic rings. The van der Waals surface area contributed by atoms with Crippen LogP contribution in [0.1, 0.15) is 18.9 Å². The quantitative estimate of drug-likeness (QED) is 0.617. The normalized spacial score (nSPS) is 9.40. The molecule has 20 heavy (non-hydrogen) atoms. The smallest absolute Gasteiger partial charge is 0.203 e. The third kappa shape index (κ3) is 4.71. The lowest BCUT2D eigenvalue weighted by Gasteiger charge is -2.12. The maximum Gasteiger partial charge on any atom is 0.203 e. The molecule has 0 saturated heterocycles. The van der Waals surface area contributed by atoms with Crippen LogP contribution in [-0.2, 0) is 4.79 Å². The van der Waals surface area contributed by atoms with Crippen molar-refractivity contribution in [1.29, 1.82) is 0 Å². The van der Waals surface area contributed by atoms with Crippen LogP contribution < -0.4 is 14.2 Å². The Bertz CT molecular complexity index is 503. The summed E-state index contributed by atoms with van der Waals surface area (Å²) in [5.41, 5.74) is 0.785. The zero-order chi connectivity index (χ0) is 15.0. The van der Waals surface area contributed by atoms with Gasteiger partial charge in [0.05, 0.1) is 21.3 Å². The van der Waals surface area contributed by atoms with Crippen LogP contribution in [0.15, 0.2) is 12.1 Å². The lowest BCUT2D eigenvalue weighted by atomic mass is 10.2. The van der Waals surface area contributed by atoms with Crippen molar-refractivity contribution < 1.29 is 19.0 Å². The van der Waals surface area contributed by atoms with Gasteiger partial charge in [-0.25, -0.2) is 0 Å². The molecule has 0 unspecified atom stereocenters. The molecule has 108 valence electrons. The maximum atomic E-state index is 10.8. The van der Waals surface area contributed by atoms with Crippen LogP contribution in [-0.4, -0.2) is 32.2 Å². The Hall–Kier alpha value is -1.80. The Labute approximate surface area is 123 Å². The molecule has 0 saturated carbocycles. The molecule has 0 amide bonds. The van der Waals surface area contributed by atoms with Crippen LogP contribution in [0, 0.1) is 11.8 Å². The molecule has 0 atom stereocenters. The van der Waals surface area contributed by atoms with Crippen LogP contribution in [0.5, 0.6) is 17.2 Å². The molecule has 0 fully saturated rings. The third-order valence-electron chi connectivity index (χ3n) is 2.43. The lowest BCUT2D eigenvalue weighted by Crippen LogP contribution is -1.95. The fraction of sp³-hybridized carbons (Fsp3) is 0.400. The second-order valence-electron chi connectivity index (χ2n) is 3.81. The zero-order valence-electron chi connectivity index (χ0n) is 12.1. The molecule has 5 heteroatoms. The molecule has 0 aliphatic heterocycles. The average molecular weight is 294 g/mol. The van der Waals surface area contributed by atoms with E-state index in [1.807, 2.05) is 0 Å². The molecule has 0 heterocycles. The summed E-state index contributed by atoms with van der Waals surface area (Å²) < 4.78 is 15.8. The molecule has 0 radical (unpaired) electrons. The van der Waals surface area contributed by atoms with E-state index in [0.29, 0.717) is 29.4 Å². The van der Waals surface area contributed by atoms with Crippen molar-refractivity contribution >= 4 is 16.9 Å². The Morgan fingerprint density at radius 3 is 2.20 bits per heavy atom. The number of rotatable bonds is 5. The van der Waals surface area contributed by atoms with Crippen LogP contribution in [0.25, 0.3) is 0 Å². The largest absolute Gasteiger partial charge is 0.493 e. The number of carbonyl (C=O) groups is 1. The summed E-state index contributed by atoms with van der Waals surface area (Å²) >= 11 is 1.28. The molecule has 0 aromatic heterocycles. The molecule has 0 N–H and O–H groups in total. The minimum absolute atomic E-state index is 0.111. The van der Waals surface area contributed by atoms with Gasteiger partial charge >= 0.3 is 0 Å². The number of thioether (sulfide) groups is 1. The fourth-order valence-electron chi connectivity index (χ4n) is 1.56. The molecule has 1 rings (SSSR count). The van der Waals surface area contributed by atoms with Crippen molar-refractivity contribution in [2.75, 3.05) is 27.1 Å². The first kappa shape index (κ1) is 16.3. The van der Waals surface area contributed by atoms with Gasteiger partial charge in [-0.3, -0.25) is 4.79 Å². The second kappa shape index (κ2) is 8.39. The van der Waals surface area contributed by atoms with E-state index in [0.717, 1.165) is 5.56 Å². The van der Waals surface area contributed by atoms with Crippen molar-refractivity contribution in [3.8, 4) is 29.1 Å². The van der Waals surface area contributed by atoms with Gasteiger partial charge in [0.25, 0.3) is 0 Å². The number of hydrogen-bond donors (Lipinski definition) is 0. The van der Waals surface area contributed by atoms with Gasteiger partial charge in [-0.15, -0.1) is 0 Å². The first-order valence-corrected chi connectivity index (χ1v) is 7.03. The molecule has 1 aromatic carbocycles. The van der Waals surface area contributed by atoms with E-state index in [1.54, 1.807) is 40.4 Å². The van der Waals surface area contributed by atoms with Crippen molar-refractivity contribution in [3.63, 3.8) is 0 Å².